The first kappa shape index (κ1) is 58.0. The molecule has 0 amide bonds. The predicted octanol–water partition coefficient (Wildman–Crippen LogP) is 7.72. The molecule has 24 nitrogen and oxygen atoms in total. The second-order valence-electron chi connectivity index (χ2n) is 18.4. The number of benzene rings is 4. The normalized spacial score (nSPS) is 18.1. The SMILES string of the molecule is C=CC(=O)OCOC(=O)c1ccc(OC(=O)C2CCC(C(=O)Oc3ccc(OC(=O)C4CCC(C(=O)Oc5ccc(C(=O)OCOCC6CO6)cc5)CC4)c4nc(-c5ccc([N+](=O)[O-])cc5)sc34)CC2)cc1C(=O)OCOC(=O)C=C. The van der Waals surface area contributed by atoms with Crippen molar-refractivity contribution in [3.05, 3.63) is 131 Å². The summed E-state index contributed by atoms with van der Waals surface area (Å²) in [5.41, 5.74) is -0.0597. The molecule has 1 aromatic heterocycles. The van der Waals surface area contributed by atoms with E-state index >= 15 is 0 Å². The summed E-state index contributed by atoms with van der Waals surface area (Å²) in [6.07, 6.45) is 3.76. The van der Waals surface area contributed by atoms with Gasteiger partial charge in [0.15, 0.2) is 18.3 Å². The van der Waals surface area contributed by atoms with Crippen molar-refractivity contribution in [2.75, 3.05) is 33.6 Å². The van der Waals surface area contributed by atoms with Crippen LogP contribution in [0.25, 0.3) is 20.8 Å². The summed E-state index contributed by atoms with van der Waals surface area (Å²) in [4.78, 5) is 131. The average molecular weight is 1140 g/mol. The van der Waals surface area contributed by atoms with Gasteiger partial charge in [-0.25, -0.2) is 29.0 Å². The minimum Gasteiger partial charge on any atom is -0.435 e. The molecule has 3 aliphatic rings. The van der Waals surface area contributed by atoms with Crippen LogP contribution in [0.1, 0.15) is 82.4 Å². The number of nitro groups is 1. The highest BCUT2D eigenvalue weighted by Crippen LogP contribution is 2.43. The van der Waals surface area contributed by atoms with Crippen molar-refractivity contribution in [3.63, 3.8) is 0 Å². The molecule has 1 aliphatic heterocycles. The maximum atomic E-state index is 13.8. The Morgan fingerprint density at radius 3 is 1.59 bits per heavy atom. The average Bonchev–Trinajstić information content (AvgIpc) is 4.41. The number of aromatic nitrogens is 1. The van der Waals surface area contributed by atoms with Crippen LogP contribution in [0, 0.1) is 33.8 Å². The van der Waals surface area contributed by atoms with Gasteiger partial charge < -0.3 is 52.1 Å². The minimum absolute atomic E-state index is 0.0295. The first-order chi connectivity index (χ1) is 39.1. The number of carbonyl (C=O) groups excluding carboxylic acids is 9. The first-order valence-electron chi connectivity index (χ1n) is 25.2. The van der Waals surface area contributed by atoms with Crippen molar-refractivity contribution < 1.29 is 100 Å². The van der Waals surface area contributed by atoms with E-state index in [1.54, 1.807) is 0 Å². The van der Waals surface area contributed by atoms with E-state index in [1.165, 1.54) is 66.7 Å². The highest BCUT2D eigenvalue weighted by atomic mass is 32.1. The van der Waals surface area contributed by atoms with Gasteiger partial charge in [0.2, 0.25) is 13.6 Å². The second-order valence-corrected chi connectivity index (χ2v) is 19.4. The fourth-order valence-corrected chi connectivity index (χ4v) is 9.59. The van der Waals surface area contributed by atoms with Crippen LogP contribution in [-0.2, 0) is 61.9 Å². The summed E-state index contributed by atoms with van der Waals surface area (Å²) < 4.78 is 58.0. The lowest BCUT2D eigenvalue weighted by atomic mass is 9.82. The molecule has 0 radical (unpaired) electrons. The van der Waals surface area contributed by atoms with Crippen LogP contribution < -0.4 is 18.9 Å². The third kappa shape index (κ3) is 15.6. The third-order valence-electron chi connectivity index (χ3n) is 13.1. The number of nitrogens with zero attached hydrogens (tertiary/aromatic N) is 2. The molecule has 3 fully saturated rings. The van der Waals surface area contributed by atoms with E-state index in [0.717, 1.165) is 35.6 Å². The van der Waals surface area contributed by atoms with Gasteiger partial charge in [0.05, 0.1) is 58.5 Å². The van der Waals surface area contributed by atoms with E-state index in [2.05, 4.69) is 22.6 Å². The van der Waals surface area contributed by atoms with Gasteiger partial charge in [-0.1, -0.05) is 13.2 Å². The number of non-ortho nitro benzene ring substituents is 1. The Morgan fingerprint density at radius 1 is 0.580 bits per heavy atom. The zero-order chi connectivity index (χ0) is 57.6. The van der Waals surface area contributed by atoms with Crippen molar-refractivity contribution in [2.24, 2.45) is 23.7 Å². The fraction of sp³-hybridized carbons (Fsp3) is 0.321. The molecule has 2 saturated carbocycles. The summed E-state index contributed by atoms with van der Waals surface area (Å²) in [5.74, 6) is -9.32. The number of carbonyl (C=O) groups is 9. The minimum atomic E-state index is -1.17. The number of fused-ring (bicyclic) bond motifs is 1. The maximum Gasteiger partial charge on any atom is 0.342 e. The van der Waals surface area contributed by atoms with Gasteiger partial charge >= 0.3 is 53.7 Å². The fourth-order valence-electron chi connectivity index (χ4n) is 8.55. The molecule has 1 unspecified atom stereocenters. The summed E-state index contributed by atoms with van der Waals surface area (Å²) >= 11 is 1.10. The molecule has 1 atom stereocenters. The quantitative estimate of drug-likeness (QED) is 0.00695. The number of esters is 9. The molecule has 1 saturated heterocycles. The predicted molar refractivity (Wildman–Crippen MR) is 277 cm³/mol. The maximum absolute atomic E-state index is 13.8. The molecule has 81 heavy (non-hydrogen) atoms. The molecule has 4 aromatic carbocycles. The smallest absolute Gasteiger partial charge is 0.342 e. The van der Waals surface area contributed by atoms with Crippen molar-refractivity contribution in [3.8, 4) is 33.6 Å². The van der Waals surface area contributed by atoms with Crippen molar-refractivity contribution in [1.82, 2.24) is 4.98 Å². The van der Waals surface area contributed by atoms with Crippen LogP contribution in [0.4, 0.5) is 5.69 Å². The summed E-state index contributed by atoms with van der Waals surface area (Å²) in [5, 5.41) is 11.8. The Bertz CT molecular complexity index is 3240. The molecule has 0 bridgehead atoms. The number of epoxide rings is 1. The lowest BCUT2D eigenvalue weighted by molar-refractivity contribution is -0.384. The van der Waals surface area contributed by atoms with Crippen molar-refractivity contribution in [2.45, 2.75) is 57.5 Å². The largest absolute Gasteiger partial charge is 0.435 e. The summed E-state index contributed by atoms with van der Waals surface area (Å²) in [6.45, 7) is 5.51. The molecule has 0 N–H and O–H groups in total. The molecule has 422 valence electrons. The Kier molecular flexibility index (Phi) is 19.4. The Balaban J connectivity index is 0.877. The number of rotatable bonds is 23. The van der Waals surface area contributed by atoms with E-state index in [9.17, 15) is 53.3 Å². The van der Waals surface area contributed by atoms with Crippen LogP contribution in [0.2, 0.25) is 0 Å². The van der Waals surface area contributed by atoms with Gasteiger partial charge in [-0.2, -0.15) is 0 Å². The van der Waals surface area contributed by atoms with Crippen LogP contribution in [0.5, 0.6) is 23.0 Å². The van der Waals surface area contributed by atoms with Gasteiger partial charge in [-0.15, -0.1) is 11.3 Å². The van der Waals surface area contributed by atoms with E-state index in [0.29, 0.717) is 54.2 Å². The Morgan fingerprint density at radius 2 is 1.06 bits per heavy atom. The number of thiazole rings is 1. The number of hydrogen-bond donors (Lipinski definition) is 0. The van der Waals surface area contributed by atoms with Gasteiger partial charge in [0.1, 0.15) is 32.8 Å². The number of ether oxygens (including phenoxy) is 11. The third-order valence-corrected chi connectivity index (χ3v) is 14.2. The standard InChI is InChI=1S/C56H50N2O22S/c1-3-45(59)72-29-75-55(66)41-22-21-39(25-42(41)56(67)76-30-73-46(60)4-2)78-52(63)34-7-11-36(12-8-34)54(65)80-44-24-23-43(47-48(44)81-49(57-47)31-13-17-37(18-14-31)58(68)69)79-53(64)35-9-5-33(6-10-35)51(62)77-38-19-15-32(16-20-38)50(61)74-28-70-26-40-27-71-40/h3-4,13-25,33-36,40H,1-2,5-12,26-30H2. The lowest BCUT2D eigenvalue weighted by Crippen LogP contribution is -2.30. The zero-order valence-electron chi connectivity index (χ0n) is 42.9. The van der Waals surface area contributed by atoms with Crippen molar-refractivity contribution >= 4 is 81.0 Å². The molecule has 5 aromatic rings. The second kappa shape index (κ2) is 27.1. The van der Waals surface area contributed by atoms with E-state index in [-0.39, 0.29) is 83.9 Å². The van der Waals surface area contributed by atoms with Crippen LogP contribution >= 0.6 is 11.3 Å². The van der Waals surface area contributed by atoms with Crippen LogP contribution in [0.3, 0.4) is 0 Å². The topological polar surface area (TPSA) is 314 Å². The highest BCUT2D eigenvalue weighted by molar-refractivity contribution is 7.22. The highest BCUT2D eigenvalue weighted by Gasteiger charge is 2.35. The molecular weight excluding hydrogens is 1080 g/mol. The van der Waals surface area contributed by atoms with E-state index in [4.69, 9.17) is 47.6 Å². The van der Waals surface area contributed by atoms with Crippen LogP contribution in [-0.4, -0.2) is 103 Å². The molecule has 2 aliphatic carbocycles. The van der Waals surface area contributed by atoms with Gasteiger partial charge in [-0.3, -0.25) is 29.3 Å². The zero-order valence-corrected chi connectivity index (χ0v) is 43.8. The van der Waals surface area contributed by atoms with Crippen LogP contribution in [0.15, 0.2) is 104 Å². The van der Waals surface area contributed by atoms with Gasteiger partial charge in [0.25, 0.3) is 5.69 Å². The molecule has 25 heteroatoms. The summed E-state index contributed by atoms with van der Waals surface area (Å²) in [6, 6.07) is 17.8. The van der Waals surface area contributed by atoms with Crippen molar-refractivity contribution in [1.29, 1.82) is 0 Å². The molecular formula is C56H50N2O22S. The molecule has 0 spiro atoms. The Hall–Kier alpha value is -9.20. The number of hydrogen-bond acceptors (Lipinski definition) is 24. The summed E-state index contributed by atoms with van der Waals surface area (Å²) in [7, 11) is 0. The molecule has 8 rings (SSSR count). The first-order valence-corrected chi connectivity index (χ1v) is 26.0. The molecule has 2 heterocycles. The lowest BCUT2D eigenvalue weighted by Gasteiger charge is -2.26. The van der Waals surface area contributed by atoms with E-state index in [1.807, 2.05) is 0 Å². The van der Waals surface area contributed by atoms with E-state index < -0.39 is 101 Å². The van der Waals surface area contributed by atoms with Gasteiger partial charge in [-0.05, 0) is 118 Å². The number of nitro benzene ring substituents is 1. The monoisotopic (exact) mass is 1130 g/mol. The Labute approximate surface area is 463 Å². The van der Waals surface area contributed by atoms with Gasteiger partial charge in [0, 0.05) is 29.8 Å².